The number of hydrogen-bond acceptors (Lipinski definition) is 5. The van der Waals surface area contributed by atoms with Gasteiger partial charge in [-0.15, -0.1) is 10.2 Å². The first kappa shape index (κ1) is 21.1. The predicted molar refractivity (Wildman–Crippen MR) is 127 cm³/mol. The van der Waals surface area contributed by atoms with Gasteiger partial charge in [-0.3, -0.25) is 19.5 Å². The van der Waals surface area contributed by atoms with Gasteiger partial charge in [0.25, 0.3) is 0 Å². The summed E-state index contributed by atoms with van der Waals surface area (Å²) in [6, 6.07) is 13.2. The Hall–Kier alpha value is -3.78. The monoisotopic (exact) mass is 459 g/mol. The molecule has 0 aliphatic carbocycles. The van der Waals surface area contributed by atoms with Crippen molar-refractivity contribution in [3.05, 3.63) is 82.7 Å². The molecule has 1 aliphatic rings. The van der Waals surface area contributed by atoms with Crippen LogP contribution in [0.15, 0.2) is 59.9 Å². The van der Waals surface area contributed by atoms with Gasteiger partial charge >= 0.3 is 0 Å². The highest BCUT2D eigenvalue weighted by atomic mass is 35.5. The fourth-order valence-electron chi connectivity index (χ4n) is 4.10. The van der Waals surface area contributed by atoms with Gasteiger partial charge < -0.3 is 5.32 Å². The van der Waals surface area contributed by atoms with Gasteiger partial charge in [-0.1, -0.05) is 29.8 Å². The topological polar surface area (TPSA) is 101 Å². The van der Waals surface area contributed by atoms with Crippen LogP contribution < -0.4 is 5.32 Å². The number of hydrogen-bond donors (Lipinski definition) is 2. The largest absolute Gasteiger partial charge is 0.356 e. The number of halogens is 1. The zero-order valence-corrected chi connectivity index (χ0v) is 19.0. The molecule has 8 nitrogen and oxygen atoms in total. The molecular weight excluding hydrogens is 438 g/mol. The van der Waals surface area contributed by atoms with Crippen LogP contribution >= 0.6 is 11.6 Å². The molecule has 2 aromatic heterocycles. The van der Waals surface area contributed by atoms with E-state index < -0.39 is 6.04 Å². The van der Waals surface area contributed by atoms with Crippen LogP contribution in [-0.2, 0) is 4.79 Å². The third-order valence-electron chi connectivity index (χ3n) is 5.63. The number of aromatic nitrogens is 5. The summed E-state index contributed by atoms with van der Waals surface area (Å²) in [5, 5.41) is 19.2. The molecule has 5 rings (SSSR count). The molecule has 2 N–H and O–H groups in total. The van der Waals surface area contributed by atoms with Crippen LogP contribution in [0.25, 0.3) is 16.8 Å². The Bertz CT molecular complexity index is 1340. The number of fused-ring (bicyclic) bond motifs is 3. The number of aliphatic imine (C=N–C) groups is 1. The highest BCUT2D eigenvalue weighted by Crippen LogP contribution is 2.34. The molecule has 4 aromatic rings. The van der Waals surface area contributed by atoms with Gasteiger partial charge in [0.05, 0.1) is 24.0 Å². The number of nitrogens with zero attached hydrogens (tertiary/aromatic N) is 5. The average molecular weight is 460 g/mol. The number of carbonyl (C=O) groups excluding carboxylic acids is 1. The van der Waals surface area contributed by atoms with Crippen LogP contribution in [0.4, 0.5) is 0 Å². The van der Waals surface area contributed by atoms with Crippen LogP contribution in [0.5, 0.6) is 0 Å². The maximum atomic E-state index is 12.5. The number of aryl methyl sites for hydroxylation is 1. The lowest BCUT2D eigenvalue weighted by molar-refractivity contribution is -0.121. The van der Waals surface area contributed by atoms with E-state index in [-0.39, 0.29) is 12.3 Å². The molecule has 0 saturated carbocycles. The van der Waals surface area contributed by atoms with Crippen LogP contribution in [0.1, 0.15) is 42.2 Å². The number of H-pyrrole nitrogens is 1. The first-order valence-electron chi connectivity index (χ1n) is 10.7. The molecule has 0 radical (unpaired) electrons. The van der Waals surface area contributed by atoms with Gasteiger partial charge in [0, 0.05) is 34.5 Å². The Labute approximate surface area is 195 Å². The van der Waals surface area contributed by atoms with Crippen molar-refractivity contribution in [3.8, 4) is 16.8 Å². The Morgan fingerprint density at radius 3 is 2.64 bits per heavy atom. The van der Waals surface area contributed by atoms with Crippen molar-refractivity contribution < 1.29 is 4.79 Å². The van der Waals surface area contributed by atoms with Crippen molar-refractivity contribution in [3.63, 3.8) is 0 Å². The molecule has 1 aliphatic heterocycles. The second-order valence-electron chi connectivity index (χ2n) is 7.82. The minimum atomic E-state index is -0.492. The summed E-state index contributed by atoms with van der Waals surface area (Å²) >= 11 is 6.16. The normalized spacial score (nSPS) is 14.8. The second-order valence-corrected chi connectivity index (χ2v) is 8.25. The SMILES string of the molecule is CCNC(=O)C[C@@H]1N=C(c2ccc(Cl)cc2)c2cc(-c3cn[nH]c3)ccc2-n2c(C)nnc21. The molecule has 0 bridgehead atoms. The fourth-order valence-corrected chi connectivity index (χ4v) is 4.23. The summed E-state index contributed by atoms with van der Waals surface area (Å²) < 4.78 is 1.99. The maximum absolute atomic E-state index is 12.5. The molecule has 0 saturated heterocycles. The zero-order valence-electron chi connectivity index (χ0n) is 18.2. The summed E-state index contributed by atoms with van der Waals surface area (Å²) in [6.07, 6.45) is 3.81. The lowest BCUT2D eigenvalue weighted by Crippen LogP contribution is -2.25. The predicted octanol–water partition coefficient (Wildman–Crippen LogP) is 4.04. The Morgan fingerprint density at radius 1 is 1.12 bits per heavy atom. The van der Waals surface area contributed by atoms with E-state index in [1.165, 1.54) is 0 Å². The molecule has 9 heteroatoms. The Kier molecular flexibility index (Phi) is 5.51. The molecule has 0 unspecified atom stereocenters. The molecule has 0 spiro atoms. The molecule has 1 atom stereocenters. The summed E-state index contributed by atoms with van der Waals surface area (Å²) in [7, 11) is 0. The molecule has 2 aromatic carbocycles. The molecule has 0 fully saturated rings. The lowest BCUT2D eigenvalue weighted by Gasteiger charge is -2.14. The van der Waals surface area contributed by atoms with E-state index in [1.54, 1.807) is 6.20 Å². The number of benzene rings is 2. The van der Waals surface area contributed by atoms with Crippen LogP contribution in [0.2, 0.25) is 5.02 Å². The smallest absolute Gasteiger partial charge is 0.222 e. The lowest BCUT2D eigenvalue weighted by atomic mass is 9.96. The Balaban J connectivity index is 1.75. The number of rotatable bonds is 5. The molecule has 166 valence electrons. The average Bonchev–Trinajstić information content (AvgIpc) is 3.45. The first-order valence-corrected chi connectivity index (χ1v) is 11.1. The summed E-state index contributed by atoms with van der Waals surface area (Å²) in [5.41, 5.74) is 5.47. The van der Waals surface area contributed by atoms with E-state index in [9.17, 15) is 4.79 Å². The van der Waals surface area contributed by atoms with Gasteiger partial charge in [-0.25, -0.2) is 0 Å². The van der Waals surface area contributed by atoms with E-state index in [1.807, 2.05) is 61.0 Å². The van der Waals surface area contributed by atoms with E-state index in [4.69, 9.17) is 16.6 Å². The molecule has 1 amide bonds. The standard InChI is InChI=1S/C24H22ClN7O/c1-3-26-22(33)11-20-24-31-30-14(2)32(24)21-9-6-16(17-12-27-28-13-17)10-19(21)23(29-20)15-4-7-18(25)8-5-15/h4-10,12-13,20H,3,11H2,1-2H3,(H,26,33)(H,27,28)/t20-/m0/s1. The van der Waals surface area contributed by atoms with Crippen LogP contribution in [0, 0.1) is 6.92 Å². The van der Waals surface area contributed by atoms with Crippen molar-refractivity contribution in [2.75, 3.05) is 6.54 Å². The minimum absolute atomic E-state index is 0.0843. The van der Waals surface area contributed by atoms with E-state index in [2.05, 4.69) is 31.8 Å². The van der Waals surface area contributed by atoms with Gasteiger partial charge in [-0.05, 0) is 43.7 Å². The van der Waals surface area contributed by atoms with Crippen LogP contribution in [0.3, 0.4) is 0 Å². The molecule has 3 heterocycles. The summed E-state index contributed by atoms with van der Waals surface area (Å²) in [5.74, 6) is 1.29. The second kappa shape index (κ2) is 8.63. The van der Waals surface area contributed by atoms with Crippen LogP contribution in [-0.4, -0.2) is 43.1 Å². The highest BCUT2D eigenvalue weighted by Gasteiger charge is 2.29. The quantitative estimate of drug-likeness (QED) is 0.470. The number of amides is 1. The molecule has 33 heavy (non-hydrogen) atoms. The zero-order chi connectivity index (χ0) is 22.9. The Morgan fingerprint density at radius 2 is 1.91 bits per heavy atom. The third kappa shape index (κ3) is 3.93. The fraction of sp³-hybridized carbons (Fsp3) is 0.208. The van der Waals surface area contributed by atoms with Crippen molar-refractivity contribution >= 4 is 23.2 Å². The number of nitrogens with one attached hydrogen (secondary N) is 2. The first-order chi connectivity index (χ1) is 16.0. The van der Waals surface area contributed by atoms with Gasteiger partial charge in [0.15, 0.2) is 5.82 Å². The van der Waals surface area contributed by atoms with E-state index in [0.29, 0.717) is 17.4 Å². The highest BCUT2D eigenvalue weighted by molar-refractivity contribution is 6.30. The number of carbonyl (C=O) groups is 1. The van der Waals surface area contributed by atoms with Crippen molar-refractivity contribution in [1.29, 1.82) is 0 Å². The maximum Gasteiger partial charge on any atom is 0.222 e. The minimum Gasteiger partial charge on any atom is -0.356 e. The molecular formula is C24H22ClN7O. The van der Waals surface area contributed by atoms with E-state index in [0.717, 1.165) is 39.5 Å². The van der Waals surface area contributed by atoms with E-state index >= 15 is 0 Å². The number of aromatic amines is 1. The van der Waals surface area contributed by atoms with Gasteiger partial charge in [-0.2, -0.15) is 5.10 Å². The van der Waals surface area contributed by atoms with Gasteiger partial charge in [0.1, 0.15) is 11.9 Å². The van der Waals surface area contributed by atoms with Crippen molar-refractivity contribution in [1.82, 2.24) is 30.3 Å². The summed E-state index contributed by atoms with van der Waals surface area (Å²) in [6.45, 7) is 4.35. The van der Waals surface area contributed by atoms with Crippen molar-refractivity contribution in [2.24, 2.45) is 4.99 Å². The third-order valence-corrected chi connectivity index (χ3v) is 5.88. The van der Waals surface area contributed by atoms with Crippen molar-refractivity contribution in [2.45, 2.75) is 26.3 Å². The van der Waals surface area contributed by atoms with Gasteiger partial charge in [0.2, 0.25) is 5.91 Å². The summed E-state index contributed by atoms with van der Waals surface area (Å²) in [4.78, 5) is 17.6.